The highest BCUT2D eigenvalue weighted by Gasteiger charge is 2.26. The molecular formula is C19H35NO2. The third kappa shape index (κ3) is 6.10. The zero-order chi connectivity index (χ0) is 16.7. The molecular weight excluding hydrogens is 274 g/mol. The molecule has 1 fully saturated rings. The van der Waals surface area contributed by atoms with E-state index in [9.17, 15) is 9.59 Å². The Bertz CT molecular complexity index is 356. The van der Waals surface area contributed by atoms with E-state index < -0.39 is 0 Å². The number of carbonyl (C=O) groups is 2. The van der Waals surface area contributed by atoms with Crippen molar-refractivity contribution in [3.63, 3.8) is 0 Å². The van der Waals surface area contributed by atoms with Crippen molar-refractivity contribution in [3.8, 4) is 0 Å². The second-order valence-electron chi connectivity index (χ2n) is 7.67. The van der Waals surface area contributed by atoms with Crippen molar-refractivity contribution in [2.75, 3.05) is 6.54 Å². The summed E-state index contributed by atoms with van der Waals surface area (Å²) in [7, 11) is 0. The standard InChI is InChI=1S/C19H35NO2/c1-6-16-7-9-17(10-8-16)19(22)20-12-14(4)11-15(5)18(21)13(2)3/h13-17H,6-12H2,1-5H3,(H,20,22). The van der Waals surface area contributed by atoms with Gasteiger partial charge >= 0.3 is 0 Å². The van der Waals surface area contributed by atoms with E-state index in [-0.39, 0.29) is 23.7 Å². The summed E-state index contributed by atoms with van der Waals surface area (Å²) < 4.78 is 0. The summed E-state index contributed by atoms with van der Waals surface area (Å²) >= 11 is 0. The number of carbonyl (C=O) groups excluding carboxylic acids is 2. The van der Waals surface area contributed by atoms with Gasteiger partial charge in [-0.25, -0.2) is 0 Å². The summed E-state index contributed by atoms with van der Waals surface area (Å²) in [6.07, 6.45) is 6.59. The first-order valence-electron chi connectivity index (χ1n) is 9.16. The minimum Gasteiger partial charge on any atom is -0.356 e. The van der Waals surface area contributed by atoms with Crippen molar-refractivity contribution in [3.05, 3.63) is 0 Å². The van der Waals surface area contributed by atoms with Gasteiger partial charge in [0.05, 0.1) is 0 Å². The molecule has 0 aliphatic heterocycles. The molecule has 0 bridgehead atoms. The Hall–Kier alpha value is -0.860. The fourth-order valence-corrected chi connectivity index (χ4v) is 3.62. The Morgan fingerprint density at radius 2 is 1.64 bits per heavy atom. The first-order chi connectivity index (χ1) is 10.3. The van der Waals surface area contributed by atoms with Crippen LogP contribution in [0.15, 0.2) is 0 Å². The van der Waals surface area contributed by atoms with Crippen molar-refractivity contribution >= 4 is 11.7 Å². The monoisotopic (exact) mass is 309 g/mol. The summed E-state index contributed by atoms with van der Waals surface area (Å²) in [5.41, 5.74) is 0. The van der Waals surface area contributed by atoms with Crippen LogP contribution in [0.2, 0.25) is 0 Å². The minimum atomic E-state index is 0.0897. The van der Waals surface area contributed by atoms with Gasteiger partial charge in [-0.2, -0.15) is 0 Å². The number of ketones is 1. The maximum absolute atomic E-state index is 12.2. The van der Waals surface area contributed by atoms with Gasteiger partial charge in [-0.15, -0.1) is 0 Å². The van der Waals surface area contributed by atoms with Crippen LogP contribution in [0.5, 0.6) is 0 Å². The van der Waals surface area contributed by atoms with Gasteiger partial charge in [-0.3, -0.25) is 9.59 Å². The lowest BCUT2D eigenvalue weighted by molar-refractivity contribution is -0.126. The molecule has 1 aliphatic rings. The van der Waals surface area contributed by atoms with Crippen LogP contribution in [0.3, 0.4) is 0 Å². The van der Waals surface area contributed by atoms with E-state index in [1.807, 2.05) is 20.8 Å². The lowest BCUT2D eigenvalue weighted by atomic mass is 9.80. The van der Waals surface area contributed by atoms with E-state index in [2.05, 4.69) is 19.2 Å². The fourth-order valence-electron chi connectivity index (χ4n) is 3.62. The number of hydrogen-bond acceptors (Lipinski definition) is 2. The van der Waals surface area contributed by atoms with Crippen LogP contribution in [-0.2, 0) is 9.59 Å². The molecule has 22 heavy (non-hydrogen) atoms. The van der Waals surface area contributed by atoms with Gasteiger partial charge in [0.15, 0.2) is 0 Å². The van der Waals surface area contributed by atoms with Gasteiger partial charge in [0, 0.05) is 24.3 Å². The first kappa shape index (κ1) is 19.2. The molecule has 128 valence electrons. The summed E-state index contributed by atoms with van der Waals surface area (Å²) in [5.74, 6) is 2.14. The van der Waals surface area contributed by atoms with E-state index in [1.165, 1.54) is 19.3 Å². The molecule has 0 aromatic heterocycles. The normalized spacial score (nSPS) is 24.8. The minimum absolute atomic E-state index is 0.0897. The average Bonchev–Trinajstić information content (AvgIpc) is 2.51. The van der Waals surface area contributed by atoms with Gasteiger partial charge in [0.2, 0.25) is 5.91 Å². The smallest absolute Gasteiger partial charge is 0.223 e. The first-order valence-corrected chi connectivity index (χ1v) is 9.16. The second kappa shape index (κ2) is 9.32. The highest BCUT2D eigenvalue weighted by Crippen LogP contribution is 2.30. The van der Waals surface area contributed by atoms with Crippen LogP contribution in [-0.4, -0.2) is 18.2 Å². The Morgan fingerprint density at radius 3 is 2.14 bits per heavy atom. The van der Waals surface area contributed by atoms with Crippen molar-refractivity contribution in [1.29, 1.82) is 0 Å². The van der Waals surface area contributed by atoms with Gasteiger partial charge in [0.1, 0.15) is 5.78 Å². The van der Waals surface area contributed by atoms with Crippen LogP contribution >= 0.6 is 0 Å². The summed E-state index contributed by atoms with van der Waals surface area (Å²) in [6.45, 7) is 11.0. The van der Waals surface area contributed by atoms with Crippen LogP contribution in [0.1, 0.15) is 73.1 Å². The molecule has 1 N–H and O–H groups in total. The second-order valence-corrected chi connectivity index (χ2v) is 7.67. The molecule has 0 aromatic rings. The number of Topliss-reactive ketones (excluding diaryl/α,β-unsaturated/α-hetero) is 1. The number of hydrogen-bond donors (Lipinski definition) is 1. The van der Waals surface area contributed by atoms with Crippen LogP contribution in [0.4, 0.5) is 0 Å². The molecule has 0 spiro atoms. The Morgan fingerprint density at radius 1 is 1.05 bits per heavy atom. The van der Waals surface area contributed by atoms with Gasteiger partial charge in [-0.1, -0.05) is 41.0 Å². The average molecular weight is 309 g/mol. The third-order valence-corrected chi connectivity index (χ3v) is 5.23. The number of amides is 1. The van der Waals surface area contributed by atoms with Crippen molar-refractivity contribution in [1.82, 2.24) is 5.32 Å². The molecule has 2 atom stereocenters. The molecule has 1 rings (SSSR count). The van der Waals surface area contributed by atoms with E-state index in [0.717, 1.165) is 25.2 Å². The molecule has 0 radical (unpaired) electrons. The lowest BCUT2D eigenvalue weighted by Crippen LogP contribution is -2.36. The summed E-state index contributed by atoms with van der Waals surface area (Å²) in [4.78, 5) is 24.2. The number of rotatable bonds is 8. The van der Waals surface area contributed by atoms with E-state index in [0.29, 0.717) is 18.2 Å². The largest absolute Gasteiger partial charge is 0.356 e. The predicted molar refractivity (Wildman–Crippen MR) is 91.5 cm³/mol. The maximum atomic E-state index is 12.2. The SMILES string of the molecule is CCC1CCC(C(=O)NCC(C)CC(C)C(=O)C(C)C)CC1. The Balaban J connectivity index is 2.27. The molecule has 3 nitrogen and oxygen atoms in total. The van der Waals surface area contributed by atoms with Gasteiger partial charge < -0.3 is 5.32 Å². The molecule has 1 amide bonds. The van der Waals surface area contributed by atoms with E-state index >= 15 is 0 Å². The van der Waals surface area contributed by atoms with Crippen LogP contribution < -0.4 is 5.32 Å². The number of nitrogens with one attached hydrogen (secondary N) is 1. The van der Waals surface area contributed by atoms with Crippen molar-refractivity contribution in [2.24, 2.45) is 29.6 Å². The van der Waals surface area contributed by atoms with Gasteiger partial charge in [-0.05, 0) is 43.9 Å². The van der Waals surface area contributed by atoms with E-state index in [1.54, 1.807) is 0 Å². The Kier molecular flexibility index (Phi) is 8.13. The summed E-state index contributed by atoms with van der Waals surface area (Å²) in [6, 6.07) is 0. The third-order valence-electron chi connectivity index (χ3n) is 5.23. The van der Waals surface area contributed by atoms with Crippen LogP contribution in [0.25, 0.3) is 0 Å². The molecule has 0 heterocycles. The highest BCUT2D eigenvalue weighted by molar-refractivity contribution is 5.82. The fraction of sp³-hybridized carbons (Fsp3) is 0.895. The highest BCUT2D eigenvalue weighted by atomic mass is 16.2. The van der Waals surface area contributed by atoms with Gasteiger partial charge in [0.25, 0.3) is 0 Å². The Labute approximate surface area is 136 Å². The summed E-state index contributed by atoms with van der Waals surface area (Å²) in [5, 5.41) is 3.11. The maximum Gasteiger partial charge on any atom is 0.223 e. The molecule has 0 aromatic carbocycles. The molecule has 0 saturated heterocycles. The van der Waals surface area contributed by atoms with E-state index in [4.69, 9.17) is 0 Å². The topological polar surface area (TPSA) is 46.2 Å². The van der Waals surface area contributed by atoms with Crippen molar-refractivity contribution < 1.29 is 9.59 Å². The van der Waals surface area contributed by atoms with Crippen LogP contribution in [0, 0.1) is 29.6 Å². The quantitative estimate of drug-likeness (QED) is 0.730. The lowest BCUT2D eigenvalue weighted by Gasteiger charge is -2.27. The zero-order valence-corrected chi connectivity index (χ0v) is 15.2. The van der Waals surface area contributed by atoms with Crippen molar-refractivity contribution in [2.45, 2.75) is 73.1 Å². The zero-order valence-electron chi connectivity index (χ0n) is 15.2. The predicted octanol–water partition coefficient (Wildman–Crippen LogP) is 4.21. The molecule has 3 heteroatoms. The molecule has 1 aliphatic carbocycles. The molecule has 2 unspecified atom stereocenters. The molecule has 1 saturated carbocycles.